The average molecular weight is 1070 g/mol. The summed E-state index contributed by atoms with van der Waals surface area (Å²) in [6, 6.07) is 0. The number of hydrogen-bond donors (Lipinski definition) is 3. The molecule has 2 unspecified atom stereocenters. The summed E-state index contributed by atoms with van der Waals surface area (Å²) in [4.78, 5) is 71.3. The molecule has 5 atom stereocenters. The van der Waals surface area contributed by atoms with Crippen LogP contribution in [0.15, 0.2) is 0 Å². The molecule has 0 bridgehead atoms. The number of phosphoric ester groups is 2. The van der Waals surface area contributed by atoms with Gasteiger partial charge in [0.2, 0.25) is 0 Å². The Morgan fingerprint density at radius 1 is 0.333 bits per heavy atom. The fraction of sp³-hybridized carbons (Fsp3) is 0.925. The monoisotopic (exact) mass is 1070 g/mol. The van der Waals surface area contributed by atoms with E-state index in [-0.39, 0.29) is 25.7 Å². The van der Waals surface area contributed by atoms with Gasteiger partial charge in [0, 0.05) is 25.7 Å². The van der Waals surface area contributed by atoms with Crippen LogP contribution in [0.1, 0.15) is 259 Å². The van der Waals surface area contributed by atoms with Crippen LogP contribution in [-0.2, 0) is 65.4 Å². The number of unbranched alkanes of at least 4 members (excludes halogenated alkanes) is 28. The number of carbonyl (C=O) groups excluding carboxylic acids is 4. The number of rotatable bonds is 54. The lowest BCUT2D eigenvalue weighted by atomic mass is 10.1. The molecule has 3 N–H and O–H groups in total. The van der Waals surface area contributed by atoms with E-state index in [9.17, 15) is 43.2 Å². The van der Waals surface area contributed by atoms with Gasteiger partial charge < -0.3 is 33.8 Å². The van der Waals surface area contributed by atoms with Gasteiger partial charge >= 0.3 is 39.5 Å². The van der Waals surface area contributed by atoms with Crippen LogP contribution in [0.2, 0.25) is 0 Å². The predicted molar refractivity (Wildman–Crippen MR) is 280 cm³/mol. The highest BCUT2D eigenvalue weighted by Crippen LogP contribution is 2.45. The van der Waals surface area contributed by atoms with Crippen LogP contribution in [0.25, 0.3) is 0 Å². The van der Waals surface area contributed by atoms with Crippen molar-refractivity contribution < 1.29 is 80.2 Å². The van der Waals surface area contributed by atoms with E-state index in [4.69, 9.17) is 37.0 Å². The molecule has 0 spiro atoms. The first kappa shape index (κ1) is 70.1. The molecular weight excluding hydrogens is 971 g/mol. The van der Waals surface area contributed by atoms with Crippen molar-refractivity contribution in [2.75, 3.05) is 39.6 Å². The molecule has 0 aromatic carbocycles. The van der Waals surface area contributed by atoms with Crippen LogP contribution in [0.5, 0.6) is 0 Å². The quantitative estimate of drug-likeness (QED) is 0.0222. The number of phosphoric acid groups is 2. The Hall–Kier alpha value is -1.94. The predicted octanol–water partition coefficient (Wildman–Crippen LogP) is 13.6. The lowest BCUT2D eigenvalue weighted by Gasteiger charge is -2.21. The molecule has 0 aromatic rings. The number of aliphatic hydroxyl groups is 1. The van der Waals surface area contributed by atoms with Gasteiger partial charge in [-0.1, -0.05) is 207 Å². The number of carbonyl (C=O) groups is 4. The van der Waals surface area contributed by atoms with Crippen molar-refractivity contribution in [1.82, 2.24) is 0 Å². The maximum Gasteiger partial charge on any atom is 0.472 e. The maximum atomic E-state index is 12.8. The molecule has 0 heterocycles. The molecule has 0 amide bonds. The van der Waals surface area contributed by atoms with E-state index in [2.05, 4.69) is 27.7 Å². The molecule has 0 aliphatic rings. The Labute approximate surface area is 435 Å². The molecule has 0 rings (SSSR count). The van der Waals surface area contributed by atoms with Crippen molar-refractivity contribution in [2.45, 2.75) is 277 Å². The highest BCUT2D eigenvalue weighted by molar-refractivity contribution is 7.47. The van der Waals surface area contributed by atoms with Crippen LogP contribution in [0, 0.1) is 0 Å². The molecule has 17 nitrogen and oxygen atoms in total. The topological polar surface area (TPSA) is 237 Å². The second-order valence-corrected chi connectivity index (χ2v) is 22.2. The van der Waals surface area contributed by atoms with Crippen LogP contribution < -0.4 is 0 Å². The maximum absolute atomic E-state index is 12.8. The largest absolute Gasteiger partial charge is 0.472 e. The molecule has 0 aliphatic carbocycles. The summed E-state index contributed by atoms with van der Waals surface area (Å²) in [5, 5.41) is 10.4. The normalized spacial score (nSPS) is 14.5. The van der Waals surface area contributed by atoms with Crippen LogP contribution in [-0.4, -0.2) is 96.7 Å². The SMILES string of the molecule is CCCCCCCCCCCCCC(=O)O[C@H](COC(=O)CCCCCCCCC)COP(=O)(O)OC[C@@H](O)COP(=O)(O)OC[C@@H](COC(=O)CCCCCCCCC)OC(=O)CCCCCCCCC. The van der Waals surface area contributed by atoms with Gasteiger partial charge in [0.1, 0.15) is 19.3 Å². The first-order valence-corrected chi connectivity index (χ1v) is 31.3. The molecule has 0 aromatic heterocycles. The number of ether oxygens (including phenoxy) is 4. The average Bonchev–Trinajstić information content (AvgIpc) is 3.35. The minimum atomic E-state index is -4.93. The van der Waals surface area contributed by atoms with E-state index in [0.29, 0.717) is 25.7 Å². The zero-order chi connectivity index (χ0) is 53.4. The number of aliphatic hydroxyl groups excluding tert-OH is 1. The fourth-order valence-corrected chi connectivity index (χ4v) is 9.27. The van der Waals surface area contributed by atoms with Crippen LogP contribution in [0.4, 0.5) is 0 Å². The highest BCUT2D eigenvalue weighted by atomic mass is 31.2. The standard InChI is InChI=1S/C53H102O17P2/c1-5-9-13-17-21-22-23-24-28-32-36-40-53(58)70-49(44-64-51(56)38-34-30-26-19-15-11-7-3)46-68-72(61,62)66-42-47(54)41-65-71(59,60)67-45-48(69-52(57)39-35-31-27-20-16-12-8-4)43-63-50(55)37-33-29-25-18-14-10-6-2/h47-49,54H,5-46H2,1-4H3,(H,59,60)(H,61,62)/t47-,48+,49+/m0/s1. The van der Waals surface area contributed by atoms with E-state index >= 15 is 0 Å². The first-order valence-electron chi connectivity index (χ1n) is 28.3. The van der Waals surface area contributed by atoms with E-state index < -0.39 is 97.5 Å². The molecule has 0 saturated carbocycles. The summed E-state index contributed by atoms with van der Waals surface area (Å²) < 4.78 is 67.2. The van der Waals surface area contributed by atoms with E-state index in [1.807, 2.05) is 0 Å². The van der Waals surface area contributed by atoms with Gasteiger partial charge in [-0.25, -0.2) is 9.13 Å². The third-order valence-corrected chi connectivity index (χ3v) is 14.0. The third kappa shape index (κ3) is 47.8. The summed E-state index contributed by atoms with van der Waals surface area (Å²) in [5.41, 5.74) is 0. The van der Waals surface area contributed by atoms with Crippen molar-refractivity contribution >= 4 is 39.5 Å². The Kier molecular flexibility index (Phi) is 47.4. The van der Waals surface area contributed by atoms with Gasteiger partial charge in [-0.3, -0.25) is 37.3 Å². The lowest BCUT2D eigenvalue weighted by Crippen LogP contribution is -2.30. The van der Waals surface area contributed by atoms with Crippen molar-refractivity contribution in [3.8, 4) is 0 Å². The highest BCUT2D eigenvalue weighted by Gasteiger charge is 2.30. The zero-order valence-electron chi connectivity index (χ0n) is 45.4. The van der Waals surface area contributed by atoms with Gasteiger partial charge in [0.15, 0.2) is 12.2 Å². The summed E-state index contributed by atoms with van der Waals surface area (Å²) in [6.07, 6.45) is 29.7. The molecule has 0 radical (unpaired) electrons. The summed E-state index contributed by atoms with van der Waals surface area (Å²) in [5.74, 6) is -2.16. The Morgan fingerprint density at radius 2 is 0.556 bits per heavy atom. The van der Waals surface area contributed by atoms with Gasteiger partial charge in [-0.2, -0.15) is 0 Å². The molecule has 0 aliphatic heterocycles. The lowest BCUT2D eigenvalue weighted by molar-refractivity contribution is -0.161. The van der Waals surface area contributed by atoms with Crippen molar-refractivity contribution in [3.63, 3.8) is 0 Å². The Morgan fingerprint density at radius 3 is 0.819 bits per heavy atom. The summed E-state index contributed by atoms with van der Waals surface area (Å²) >= 11 is 0. The van der Waals surface area contributed by atoms with Crippen molar-refractivity contribution in [1.29, 1.82) is 0 Å². The van der Waals surface area contributed by atoms with Crippen molar-refractivity contribution in [2.24, 2.45) is 0 Å². The second-order valence-electron chi connectivity index (χ2n) is 19.3. The minimum Gasteiger partial charge on any atom is -0.462 e. The number of hydrogen-bond acceptors (Lipinski definition) is 15. The fourth-order valence-electron chi connectivity index (χ4n) is 7.69. The van der Waals surface area contributed by atoms with E-state index in [1.54, 1.807) is 0 Å². The van der Waals surface area contributed by atoms with E-state index in [0.717, 1.165) is 128 Å². The number of esters is 4. The smallest absolute Gasteiger partial charge is 0.462 e. The van der Waals surface area contributed by atoms with Crippen LogP contribution >= 0.6 is 15.6 Å². The molecule has 19 heteroatoms. The molecule has 0 fully saturated rings. The summed E-state index contributed by atoms with van der Waals surface area (Å²) in [6.45, 7) is 4.68. The van der Waals surface area contributed by atoms with Crippen LogP contribution in [0.3, 0.4) is 0 Å². The Balaban J connectivity index is 5.17. The third-order valence-electron chi connectivity index (χ3n) is 12.1. The van der Waals surface area contributed by atoms with E-state index in [1.165, 1.54) is 51.4 Å². The molecule has 0 saturated heterocycles. The molecule has 426 valence electrons. The van der Waals surface area contributed by atoms with Gasteiger partial charge in [0.05, 0.1) is 26.4 Å². The van der Waals surface area contributed by atoms with Gasteiger partial charge in [-0.05, 0) is 25.7 Å². The van der Waals surface area contributed by atoms with Gasteiger partial charge in [-0.15, -0.1) is 0 Å². The zero-order valence-corrected chi connectivity index (χ0v) is 47.2. The first-order chi connectivity index (χ1) is 34.7. The second kappa shape index (κ2) is 48.7. The molecule has 72 heavy (non-hydrogen) atoms. The minimum absolute atomic E-state index is 0.103. The van der Waals surface area contributed by atoms with Crippen molar-refractivity contribution in [3.05, 3.63) is 0 Å². The molecular formula is C53H102O17P2. The summed E-state index contributed by atoms with van der Waals surface area (Å²) in [7, 11) is -9.85. The Bertz CT molecular complexity index is 1420. The van der Waals surface area contributed by atoms with Gasteiger partial charge in [0.25, 0.3) is 0 Å².